The summed E-state index contributed by atoms with van der Waals surface area (Å²) >= 11 is 1.57. The van der Waals surface area contributed by atoms with E-state index in [1.165, 1.54) is 6.92 Å². The molecule has 3 N–H and O–H groups in total. The number of amides is 1. The number of nitrogens with zero attached hydrogens (tertiary/aromatic N) is 1. The van der Waals surface area contributed by atoms with E-state index in [-0.39, 0.29) is 11.9 Å². The first-order chi connectivity index (χ1) is 9.56. The number of rotatable bonds is 4. The molecule has 1 aromatic heterocycles. The molecule has 0 aliphatic rings. The van der Waals surface area contributed by atoms with E-state index < -0.39 is 0 Å². The van der Waals surface area contributed by atoms with Gasteiger partial charge >= 0.3 is 0 Å². The van der Waals surface area contributed by atoms with Crippen LogP contribution in [0.3, 0.4) is 0 Å². The van der Waals surface area contributed by atoms with Crippen LogP contribution in [0.2, 0.25) is 0 Å². The normalized spacial score (nSPS) is 11.9. The summed E-state index contributed by atoms with van der Waals surface area (Å²) in [6, 6.07) is 11.5. The van der Waals surface area contributed by atoms with Crippen molar-refractivity contribution in [3.8, 4) is 0 Å². The highest BCUT2D eigenvalue weighted by Crippen LogP contribution is 2.31. The smallest absolute Gasteiger partial charge is 0.221 e. The lowest BCUT2D eigenvalue weighted by atomic mass is 10.2. The molecule has 20 heavy (non-hydrogen) atoms. The van der Waals surface area contributed by atoms with Crippen LogP contribution in [0.4, 0.5) is 5.69 Å². The zero-order valence-electron chi connectivity index (χ0n) is 11.5. The molecule has 0 radical (unpaired) electrons. The largest absolute Gasteiger partial charge is 0.326 e. The number of carbonyl (C=O) groups excluding carboxylic acids is 1. The second-order valence-corrected chi connectivity index (χ2v) is 5.56. The topological polar surface area (TPSA) is 68.0 Å². The molecule has 0 aliphatic carbocycles. The Bertz CT molecular complexity index is 596. The summed E-state index contributed by atoms with van der Waals surface area (Å²) in [4.78, 5) is 16.4. The molecular formula is C15H17N3OS. The molecular weight excluding hydrogens is 270 g/mol. The van der Waals surface area contributed by atoms with Crippen LogP contribution in [0.25, 0.3) is 0 Å². The second kappa shape index (κ2) is 6.54. The Kier molecular flexibility index (Phi) is 4.76. The number of anilines is 1. The van der Waals surface area contributed by atoms with E-state index >= 15 is 0 Å². The number of aromatic nitrogens is 1. The summed E-state index contributed by atoms with van der Waals surface area (Å²) < 4.78 is 0. The predicted octanol–water partition coefficient (Wildman–Crippen LogP) is 3.21. The molecule has 1 amide bonds. The molecule has 0 fully saturated rings. The highest BCUT2D eigenvalue weighted by atomic mass is 32.2. The van der Waals surface area contributed by atoms with Gasteiger partial charge in [0.05, 0.1) is 0 Å². The summed E-state index contributed by atoms with van der Waals surface area (Å²) in [6.45, 7) is 3.44. The SMILES string of the molecule is CC(=O)Nc1ccc(Sc2ncccc2[C@H](C)N)cc1. The van der Waals surface area contributed by atoms with Crippen molar-refractivity contribution in [1.82, 2.24) is 4.98 Å². The number of pyridine rings is 1. The van der Waals surface area contributed by atoms with Crippen LogP contribution < -0.4 is 11.1 Å². The van der Waals surface area contributed by atoms with Gasteiger partial charge in [0.25, 0.3) is 0 Å². The van der Waals surface area contributed by atoms with Crippen molar-refractivity contribution < 1.29 is 4.79 Å². The quantitative estimate of drug-likeness (QED) is 0.906. The van der Waals surface area contributed by atoms with Crippen molar-refractivity contribution in [3.05, 3.63) is 48.2 Å². The van der Waals surface area contributed by atoms with Crippen LogP contribution in [0, 0.1) is 0 Å². The highest BCUT2D eigenvalue weighted by molar-refractivity contribution is 7.99. The zero-order chi connectivity index (χ0) is 14.5. The molecule has 0 saturated heterocycles. The third kappa shape index (κ3) is 3.82. The molecule has 4 nitrogen and oxygen atoms in total. The Morgan fingerprint density at radius 1 is 1.30 bits per heavy atom. The Balaban J connectivity index is 2.16. The first-order valence-electron chi connectivity index (χ1n) is 6.32. The predicted molar refractivity (Wildman–Crippen MR) is 81.7 cm³/mol. The number of hydrogen-bond donors (Lipinski definition) is 2. The van der Waals surface area contributed by atoms with E-state index in [1.54, 1.807) is 18.0 Å². The van der Waals surface area contributed by atoms with Crippen LogP contribution in [0.1, 0.15) is 25.5 Å². The first kappa shape index (κ1) is 14.6. The van der Waals surface area contributed by atoms with Crippen LogP contribution in [-0.2, 0) is 4.79 Å². The minimum absolute atomic E-state index is 0.0511. The van der Waals surface area contributed by atoms with Crippen LogP contribution in [0.15, 0.2) is 52.5 Å². The number of carbonyl (C=O) groups is 1. The van der Waals surface area contributed by atoms with Gasteiger partial charge in [0, 0.05) is 35.3 Å². The molecule has 104 valence electrons. The molecule has 0 bridgehead atoms. The summed E-state index contributed by atoms with van der Waals surface area (Å²) in [6.07, 6.45) is 1.76. The lowest BCUT2D eigenvalue weighted by Crippen LogP contribution is -2.07. The summed E-state index contributed by atoms with van der Waals surface area (Å²) in [5.74, 6) is -0.0747. The number of hydrogen-bond acceptors (Lipinski definition) is 4. The van der Waals surface area contributed by atoms with Crippen molar-refractivity contribution in [2.24, 2.45) is 5.73 Å². The van der Waals surface area contributed by atoms with E-state index in [9.17, 15) is 4.79 Å². The van der Waals surface area contributed by atoms with Gasteiger partial charge in [-0.2, -0.15) is 0 Å². The van der Waals surface area contributed by atoms with Crippen molar-refractivity contribution >= 4 is 23.4 Å². The van der Waals surface area contributed by atoms with Crippen molar-refractivity contribution in [3.63, 3.8) is 0 Å². The van der Waals surface area contributed by atoms with E-state index in [2.05, 4.69) is 10.3 Å². The van der Waals surface area contributed by atoms with Crippen molar-refractivity contribution in [2.45, 2.75) is 29.8 Å². The van der Waals surface area contributed by atoms with E-state index in [0.29, 0.717) is 0 Å². The standard InChI is InChI=1S/C15H17N3OS/c1-10(16)14-4-3-9-17-15(14)20-13-7-5-12(6-8-13)18-11(2)19/h3-10H,16H2,1-2H3,(H,18,19)/t10-/m0/s1. The monoisotopic (exact) mass is 287 g/mol. The third-order valence-corrected chi connectivity index (χ3v) is 3.72. The fourth-order valence-corrected chi connectivity index (χ4v) is 2.74. The summed E-state index contributed by atoms with van der Waals surface area (Å²) in [5, 5.41) is 3.65. The van der Waals surface area contributed by atoms with Gasteiger partial charge in [-0.25, -0.2) is 4.98 Å². The lowest BCUT2D eigenvalue weighted by Gasteiger charge is -2.11. The maximum Gasteiger partial charge on any atom is 0.221 e. The molecule has 1 atom stereocenters. The zero-order valence-corrected chi connectivity index (χ0v) is 12.3. The summed E-state index contributed by atoms with van der Waals surface area (Å²) in [7, 11) is 0. The Morgan fingerprint density at radius 3 is 2.60 bits per heavy atom. The summed E-state index contributed by atoms with van der Waals surface area (Å²) in [5.41, 5.74) is 7.76. The molecule has 1 heterocycles. The number of benzene rings is 1. The van der Waals surface area contributed by atoms with Gasteiger partial charge < -0.3 is 11.1 Å². The number of nitrogens with two attached hydrogens (primary N) is 1. The second-order valence-electron chi connectivity index (χ2n) is 4.49. The Hall–Kier alpha value is -1.85. The molecule has 0 aliphatic heterocycles. The van der Waals surface area contributed by atoms with E-state index in [1.807, 2.05) is 43.3 Å². The molecule has 0 unspecified atom stereocenters. The van der Waals surface area contributed by atoms with E-state index in [0.717, 1.165) is 21.2 Å². The van der Waals surface area contributed by atoms with Crippen LogP contribution in [-0.4, -0.2) is 10.9 Å². The van der Waals surface area contributed by atoms with Gasteiger partial charge in [0.15, 0.2) is 0 Å². The fraction of sp³-hybridized carbons (Fsp3) is 0.200. The van der Waals surface area contributed by atoms with Crippen molar-refractivity contribution in [1.29, 1.82) is 0 Å². The third-order valence-electron chi connectivity index (χ3n) is 2.68. The average Bonchev–Trinajstić information content (AvgIpc) is 2.41. The number of nitrogens with one attached hydrogen (secondary N) is 1. The maximum atomic E-state index is 11.0. The van der Waals surface area contributed by atoms with Gasteiger partial charge in [0.2, 0.25) is 5.91 Å². The van der Waals surface area contributed by atoms with Crippen LogP contribution in [0.5, 0.6) is 0 Å². The average molecular weight is 287 g/mol. The molecule has 2 rings (SSSR count). The van der Waals surface area contributed by atoms with Gasteiger partial charge in [-0.3, -0.25) is 4.79 Å². The highest BCUT2D eigenvalue weighted by Gasteiger charge is 2.09. The van der Waals surface area contributed by atoms with Crippen LogP contribution >= 0.6 is 11.8 Å². The Labute approximate surface area is 122 Å². The molecule has 0 saturated carbocycles. The fourth-order valence-electron chi connectivity index (χ4n) is 1.76. The van der Waals surface area contributed by atoms with E-state index in [4.69, 9.17) is 5.73 Å². The molecule has 0 spiro atoms. The molecule has 5 heteroatoms. The minimum Gasteiger partial charge on any atom is -0.326 e. The first-order valence-corrected chi connectivity index (χ1v) is 7.14. The maximum absolute atomic E-state index is 11.0. The van der Waals surface area contributed by atoms with Gasteiger partial charge in [-0.15, -0.1) is 0 Å². The minimum atomic E-state index is -0.0747. The van der Waals surface area contributed by atoms with Gasteiger partial charge in [-0.1, -0.05) is 17.8 Å². The van der Waals surface area contributed by atoms with Crippen molar-refractivity contribution in [2.75, 3.05) is 5.32 Å². The lowest BCUT2D eigenvalue weighted by molar-refractivity contribution is -0.114. The Morgan fingerprint density at radius 2 is 2.00 bits per heavy atom. The molecule has 2 aromatic rings. The molecule has 1 aromatic carbocycles. The van der Waals surface area contributed by atoms with Gasteiger partial charge in [-0.05, 0) is 37.3 Å². The van der Waals surface area contributed by atoms with Gasteiger partial charge in [0.1, 0.15) is 5.03 Å².